The van der Waals surface area contributed by atoms with Crippen molar-refractivity contribution in [3.63, 3.8) is 0 Å². The maximum atomic E-state index is 12.2. The highest BCUT2D eigenvalue weighted by molar-refractivity contribution is 5.94. The number of fused-ring (bicyclic) bond motifs is 1. The number of aryl methyl sites for hydroxylation is 2. The quantitative estimate of drug-likeness (QED) is 0.925. The number of hydrogen-bond acceptors (Lipinski definition) is 4. The maximum absolute atomic E-state index is 12.2. The van der Waals surface area contributed by atoms with Crippen LogP contribution in [0.3, 0.4) is 0 Å². The fraction of sp³-hybridized carbons (Fsp3) is 0.562. The predicted molar refractivity (Wildman–Crippen MR) is 80.8 cm³/mol. The van der Waals surface area contributed by atoms with Crippen molar-refractivity contribution in [2.75, 3.05) is 5.32 Å². The minimum atomic E-state index is -0.00912. The van der Waals surface area contributed by atoms with Gasteiger partial charge in [-0.3, -0.25) is 4.79 Å². The molecular weight excluding hydrogens is 280 g/mol. The molecule has 0 unspecified atom stereocenters. The Hall–Kier alpha value is -2.11. The summed E-state index contributed by atoms with van der Waals surface area (Å²) < 4.78 is 7.31. The van der Waals surface area contributed by atoms with Gasteiger partial charge in [0.25, 0.3) is 0 Å². The molecule has 2 aromatic heterocycles. The molecule has 1 N–H and O–H groups in total. The van der Waals surface area contributed by atoms with E-state index in [0.29, 0.717) is 12.5 Å². The molecule has 1 atom stereocenters. The molecule has 0 aromatic carbocycles. The van der Waals surface area contributed by atoms with Gasteiger partial charge in [0.15, 0.2) is 0 Å². The first-order chi connectivity index (χ1) is 10.6. The summed E-state index contributed by atoms with van der Waals surface area (Å²) >= 11 is 0. The highest BCUT2D eigenvalue weighted by Gasteiger charge is 2.35. The summed E-state index contributed by atoms with van der Waals surface area (Å²) in [5.41, 5.74) is 2.97. The Labute approximate surface area is 128 Å². The molecule has 0 radical (unpaired) electrons. The second-order valence-electron chi connectivity index (χ2n) is 6.37. The van der Waals surface area contributed by atoms with Crippen LogP contribution in [0.2, 0.25) is 0 Å². The predicted octanol–water partition coefficient (Wildman–Crippen LogP) is 3.08. The van der Waals surface area contributed by atoms with Crippen molar-refractivity contribution in [2.45, 2.75) is 57.9 Å². The highest BCUT2D eigenvalue weighted by Crippen LogP contribution is 2.42. The van der Waals surface area contributed by atoms with Crippen LogP contribution in [0.5, 0.6) is 0 Å². The van der Waals surface area contributed by atoms with Gasteiger partial charge in [0, 0.05) is 23.5 Å². The lowest BCUT2D eigenvalue weighted by Crippen LogP contribution is -2.26. The molecule has 1 amide bonds. The maximum Gasteiger partial charge on any atom is 0.226 e. The van der Waals surface area contributed by atoms with E-state index in [1.165, 1.54) is 12.8 Å². The molecule has 1 aliphatic carbocycles. The fourth-order valence-corrected chi connectivity index (χ4v) is 3.91. The zero-order chi connectivity index (χ0) is 15.3. The number of rotatable bonds is 2. The zero-order valence-electron chi connectivity index (χ0n) is 12.9. The molecule has 6 heteroatoms. The van der Waals surface area contributed by atoms with Gasteiger partial charge in [0.1, 0.15) is 11.6 Å². The number of carbonyl (C=O) groups is 1. The number of hydrogen-bond donors (Lipinski definition) is 1. The molecule has 22 heavy (non-hydrogen) atoms. The average molecular weight is 300 g/mol. The number of amides is 1. The van der Waals surface area contributed by atoms with Gasteiger partial charge in [-0.25, -0.2) is 4.68 Å². The largest absolute Gasteiger partial charge is 0.361 e. The number of nitrogens with one attached hydrogen (secondary N) is 1. The lowest BCUT2D eigenvalue weighted by molar-refractivity contribution is -0.116. The van der Waals surface area contributed by atoms with Gasteiger partial charge >= 0.3 is 0 Å². The average Bonchev–Trinajstić information content (AvgIpc) is 3.18. The van der Waals surface area contributed by atoms with Crippen LogP contribution in [0.1, 0.15) is 66.6 Å². The normalized spacial score (nSPS) is 21.9. The van der Waals surface area contributed by atoms with Gasteiger partial charge in [0.05, 0.1) is 17.9 Å². The Morgan fingerprint density at radius 1 is 1.32 bits per heavy atom. The van der Waals surface area contributed by atoms with Gasteiger partial charge in [-0.2, -0.15) is 5.10 Å². The van der Waals surface area contributed by atoms with E-state index in [1.807, 2.05) is 24.7 Å². The van der Waals surface area contributed by atoms with E-state index in [-0.39, 0.29) is 11.8 Å². The van der Waals surface area contributed by atoms with E-state index < -0.39 is 0 Å². The molecule has 0 bridgehead atoms. The van der Waals surface area contributed by atoms with Gasteiger partial charge in [0.2, 0.25) is 5.91 Å². The smallest absolute Gasteiger partial charge is 0.226 e. The molecule has 2 aliphatic rings. The Balaban J connectivity index is 1.80. The summed E-state index contributed by atoms with van der Waals surface area (Å²) in [7, 11) is 0. The third-order valence-corrected chi connectivity index (χ3v) is 4.95. The van der Waals surface area contributed by atoms with Crippen molar-refractivity contribution in [1.82, 2.24) is 14.9 Å². The van der Waals surface area contributed by atoms with Crippen LogP contribution in [0.4, 0.5) is 5.82 Å². The Morgan fingerprint density at radius 2 is 2.09 bits per heavy atom. The fourth-order valence-electron chi connectivity index (χ4n) is 3.91. The van der Waals surface area contributed by atoms with Gasteiger partial charge in [-0.05, 0) is 26.7 Å². The number of anilines is 1. The number of nitrogens with zero attached hydrogens (tertiary/aromatic N) is 3. The first-order valence-corrected chi connectivity index (χ1v) is 7.95. The summed E-state index contributed by atoms with van der Waals surface area (Å²) in [6, 6.07) is 0.410. The molecule has 0 spiro atoms. The van der Waals surface area contributed by atoms with Crippen molar-refractivity contribution in [3.05, 3.63) is 28.8 Å². The summed E-state index contributed by atoms with van der Waals surface area (Å²) in [6.45, 7) is 3.84. The van der Waals surface area contributed by atoms with Crippen molar-refractivity contribution in [1.29, 1.82) is 0 Å². The van der Waals surface area contributed by atoms with Crippen molar-refractivity contribution >= 4 is 11.7 Å². The minimum absolute atomic E-state index is 0.00912. The van der Waals surface area contributed by atoms with E-state index in [9.17, 15) is 4.79 Å². The molecule has 1 aliphatic heterocycles. The van der Waals surface area contributed by atoms with Crippen LogP contribution < -0.4 is 5.32 Å². The van der Waals surface area contributed by atoms with Crippen molar-refractivity contribution in [3.8, 4) is 0 Å². The second kappa shape index (κ2) is 4.97. The van der Waals surface area contributed by atoms with Crippen LogP contribution in [-0.4, -0.2) is 20.8 Å². The molecule has 1 fully saturated rings. The second-order valence-corrected chi connectivity index (χ2v) is 6.37. The van der Waals surface area contributed by atoms with Gasteiger partial charge < -0.3 is 9.84 Å². The third-order valence-electron chi connectivity index (χ3n) is 4.95. The minimum Gasteiger partial charge on any atom is -0.361 e. The first kappa shape index (κ1) is 13.5. The van der Waals surface area contributed by atoms with E-state index in [0.717, 1.165) is 41.2 Å². The molecule has 2 aromatic rings. The molecule has 6 nitrogen and oxygen atoms in total. The molecular formula is C16H20N4O2. The van der Waals surface area contributed by atoms with E-state index >= 15 is 0 Å². The SMILES string of the molecule is Cc1noc(C)c1[C@@H]1CC(=O)Nc2c1cnn2C1CCCC1. The standard InChI is InChI=1S/C16H20N4O2/c1-9-15(10(2)22-19-9)12-7-14(21)18-16-13(12)8-17-20(16)11-5-3-4-6-11/h8,11-12H,3-7H2,1-2H3,(H,18,21)/t12-/m1/s1. The van der Waals surface area contributed by atoms with Gasteiger partial charge in [-0.15, -0.1) is 0 Å². The Bertz CT molecular complexity index is 705. The molecule has 4 rings (SSSR count). The lowest BCUT2D eigenvalue weighted by Gasteiger charge is -2.24. The number of aromatic nitrogens is 3. The molecule has 1 saturated carbocycles. The third kappa shape index (κ3) is 1.97. The van der Waals surface area contributed by atoms with Crippen LogP contribution in [0, 0.1) is 13.8 Å². The number of carbonyl (C=O) groups excluding carboxylic acids is 1. The zero-order valence-corrected chi connectivity index (χ0v) is 12.9. The lowest BCUT2D eigenvalue weighted by atomic mass is 9.86. The molecule has 0 saturated heterocycles. The molecule has 116 valence electrons. The van der Waals surface area contributed by atoms with Crippen LogP contribution in [0.15, 0.2) is 10.7 Å². The van der Waals surface area contributed by atoms with Crippen LogP contribution in [0.25, 0.3) is 0 Å². The summed E-state index contributed by atoms with van der Waals surface area (Å²) in [4.78, 5) is 12.2. The molecule has 3 heterocycles. The Morgan fingerprint density at radius 3 is 2.77 bits per heavy atom. The van der Waals surface area contributed by atoms with Gasteiger partial charge in [-0.1, -0.05) is 18.0 Å². The monoisotopic (exact) mass is 300 g/mol. The summed E-state index contributed by atoms with van der Waals surface area (Å²) in [5, 5.41) is 11.7. The topological polar surface area (TPSA) is 73.0 Å². The Kier molecular flexibility index (Phi) is 3.06. The van der Waals surface area contributed by atoms with Crippen LogP contribution in [-0.2, 0) is 4.79 Å². The first-order valence-electron chi connectivity index (χ1n) is 7.95. The van der Waals surface area contributed by atoms with Crippen molar-refractivity contribution < 1.29 is 9.32 Å². The van der Waals surface area contributed by atoms with E-state index in [4.69, 9.17) is 4.52 Å². The summed E-state index contributed by atoms with van der Waals surface area (Å²) in [6.07, 6.45) is 7.08. The van der Waals surface area contributed by atoms with E-state index in [2.05, 4.69) is 15.6 Å². The van der Waals surface area contributed by atoms with E-state index in [1.54, 1.807) is 0 Å². The summed E-state index contributed by atoms with van der Waals surface area (Å²) in [5.74, 6) is 1.69. The highest BCUT2D eigenvalue weighted by atomic mass is 16.5. The van der Waals surface area contributed by atoms with Crippen LogP contribution >= 0.6 is 0 Å². The van der Waals surface area contributed by atoms with Crippen molar-refractivity contribution in [2.24, 2.45) is 0 Å².